The third-order valence-corrected chi connectivity index (χ3v) is 2.04. The zero-order valence-electron chi connectivity index (χ0n) is 8.59. The summed E-state index contributed by atoms with van der Waals surface area (Å²) in [7, 11) is 0. The quantitative estimate of drug-likeness (QED) is 0.765. The van der Waals surface area contributed by atoms with Crippen LogP contribution >= 0.6 is 0 Å². The second-order valence-corrected chi connectivity index (χ2v) is 3.50. The number of aryl methyl sites for hydroxylation is 1. The first-order chi connectivity index (χ1) is 6.56. The van der Waals surface area contributed by atoms with Crippen molar-refractivity contribution in [2.24, 2.45) is 0 Å². The van der Waals surface area contributed by atoms with Gasteiger partial charge in [-0.05, 0) is 6.92 Å². The van der Waals surface area contributed by atoms with E-state index in [9.17, 15) is 4.79 Å². The minimum Gasteiger partial charge on any atom is -0.310 e. The number of aromatic amines is 1. The highest BCUT2D eigenvalue weighted by atomic mass is 16.1. The summed E-state index contributed by atoms with van der Waals surface area (Å²) >= 11 is 0. The number of aromatic nitrogens is 2. The molecule has 74 valence electrons. The van der Waals surface area contributed by atoms with E-state index in [1.54, 1.807) is 6.92 Å². The maximum Gasteiger partial charge on any atom is 0.255 e. The number of hydrogen-bond acceptors (Lipinski definition) is 3. The molecule has 0 saturated carbocycles. The molecule has 1 heterocycles. The van der Waals surface area contributed by atoms with Gasteiger partial charge in [-0.3, -0.25) is 4.79 Å². The molecule has 0 aliphatic heterocycles. The number of rotatable bonds is 2. The van der Waals surface area contributed by atoms with Gasteiger partial charge in [-0.2, -0.15) is 5.26 Å². The Morgan fingerprint density at radius 2 is 2.21 bits per heavy atom. The number of H-pyrrole nitrogens is 1. The number of nitriles is 1. The van der Waals surface area contributed by atoms with Crippen molar-refractivity contribution in [3.05, 3.63) is 27.4 Å². The summed E-state index contributed by atoms with van der Waals surface area (Å²) in [6.07, 6.45) is 0.118. The molecule has 0 amide bonds. The van der Waals surface area contributed by atoms with Crippen molar-refractivity contribution in [1.29, 1.82) is 5.26 Å². The summed E-state index contributed by atoms with van der Waals surface area (Å²) in [4.78, 5) is 18.4. The highest BCUT2D eigenvalue weighted by Gasteiger charge is 2.09. The molecule has 0 fully saturated rings. The normalized spacial score (nSPS) is 10.2. The van der Waals surface area contributed by atoms with Gasteiger partial charge in [0.25, 0.3) is 5.56 Å². The van der Waals surface area contributed by atoms with Crippen LogP contribution in [0.1, 0.15) is 36.8 Å². The van der Waals surface area contributed by atoms with Crippen LogP contribution in [-0.4, -0.2) is 9.97 Å². The minimum atomic E-state index is -0.192. The molecule has 0 aliphatic rings. The molecule has 1 aromatic heterocycles. The molecule has 1 aromatic rings. The molecule has 0 aliphatic carbocycles. The van der Waals surface area contributed by atoms with Crippen LogP contribution in [0.25, 0.3) is 0 Å². The number of nitrogens with one attached hydrogen (secondary N) is 1. The fourth-order valence-corrected chi connectivity index (χ4v) is 1.19. The molecular formula is C10H13N3O. The minimum absolute atomic E-state index is 0.118. The van der Waals surface area contributed by atoms with Crippen molar-refractivity contribution in [2.75, 3.05) is 0 Å². The standard InChI is InChI=1S/C10H13N3O/c1-6(2)9-12-7(3)8(4-5-11)10(14)13-9/h6H,4H2,1-3H3,(H,12,13,14). The summed E-state index contributed by atoms with van der Waals surface area (Å²) in [6.45, 7) is 5.68. The monoisotopic (exact) mass is 191 g/mol. The summed E-state index contributed by atoms with van der Waals surface area (Å²) in [6, 6.07) is 1.95. The Labute approximate surface area is 82.6 Å². The summed E-state index contributed by atoms with van der Waals surface area (Å²) in [5.41, 5.74) is 0.929. The predicted molar refractivity (Wildman–Crippen MR) is 53.0 cm³/mol. The Morgan fingerprint density at radius 1 is 1.57 bits per heavy atom. The molecule has 1 N–H and O–H groups in total. The predicted octanol–water partition coefficient (Wildman–Crippen LogP) is 1.27. The van der Waals surface area contributed by atoms with Gasteiger partial charge in [0.15, 0.2) is 0 Å². The molecule has 1 rings (SSSR count). The molecular weight excluding hydrogens is 178 g/mol. The second-order valence-electron chi connectivity index (χ2n) is 3.50. The maximum absolute atomic E-state index is 11.5. The number of hydrogen-bond donors (Lipinski definition) is 1. The molecule has 0 bridgehead atoms. The zero-order valence-corrected chi connectivity index (χ0v) is 8.59. The molecule has 0 unspecified atom stereocenters. The largest absolute Gasteiger partial charge is 0.310 e. The van der Waals surface area contributed by atoms with Gasteiger partial charge in [-0.15, -0.1) is 0 Å². The Morgan fingerprint density at radius 3 is 2.64 bits per heavy atom. The van der Waals surface area contributed by atoms with E-state index in [0.717, 1.165) is 0 Å². The lowest BCUT2D eigenvalue weighted by Gasteiger charge is -2.06. The Balaban J connectivity index is 3.27. The van der Waals surface area contributed by atoms with Crippen molar-refractivity contribution in [3.8, 4) is 6.07 Å². The van der Waals surface area contributed by atoms with Crippen LogP contribution in [0, 0.1) is 18.3 Å². The van der Waals surface area contributed by atoms with Crippen molar-refractivity contribution >= 4 is 0 Å². The third kappa shape index (κ3) is 1.99. The van der Waals surface area contributed by atoms with E-state index in [2.05, 4.69) is 9.97 Å². The van der Waals surface area contributed by atoms with Gasteiger partial charge in [-0.25, -0.2) is 4.98 Å². The van der Waals surface area contributed by atoms with Gasteiger partial charge in [0, 0.05) is 11.6 Å². The van der Waals surface area contributed by atoms with E-state index in [1.165, 1.54) is 0 Å². The molecule has 4 nitrogen and oxygen atoms in total. The van der Waals surface area contributed by atoms with Crippen LogP contribution < -0.4 is 5.56 Å². The van der Waals surface area contributed by atoms with Crippen LogP contribution in [-0.2, 0) is 6.42 Å². The lowest BCUT2D eigenvalue weighted by Crippen LogP contribution is -2.19. The van der Waals surface area contributed by atoms with Crippen LogP contribution in [0.2, 0.25) is 0 Å². The fraction of sp³-hybridized carbons (Fsp3) is 0.500. The maximum atomic E-state index is 11.5. The van der Waals surface area contributed by atoms with Crippen molar-refractivity contribution < 1.29 is 0 Å². The Hall–Kier alpha value is -1.63. The van der Waals surface area contributed by atoms with Crippen molar-refractivity contribution in [2.45, 2.75) is 33.1 Å². The molecule has 14 heavy (non-hydrogen) atoms. The van der Waals surface area contributed by atoms with E-state index in [0.29, 0.717) is 17.1 Å². The summed E-state index contributed by atoms with van der Waals surface area (Å²) < 4.78 is 0. The van der Waals surface area contributed by atoms with Crippen LogP contribution in [0.4, 0.5) is 0 Å². The highest BCUT2D eigenvalue weighted by Crippen LogP contribution is 2.08. The molecule has 0 aromatic carbocycles. The summed E-state index contributed by atoms with van der Waals surface area (Å²) in [5, 5.41) is 8.52. The van der Waals surface area contributed by atoms with E-state index < -0.39 is 0 Å². The topological polar surface area (TPSA) is 69.5 Å². The van der Waals surface area contributed by atoms with Crippen molar-refractivity contribution in [3.63, 3.8) is 0 Å². The van der Waals surface area contributed by atoms with E-state index in [1.807, 2.05) is 19.9 Å². The van der Waals surface area contributed by atoms with Gasteiger partial charge in [0.2, 0.25) is 0 Å². The third-order valence-electron chi connectivity index (χ3n) is 2.04. The molecule has 0 radical (unpaired) electrons. The Kier molecular flexibility index (Phi) is 3.03. The first-order valence-corrected chi connectivity index (χ1v) is 4.53. The number of nitrogens with zero attached hydrogens (tertiary/aromatic N) is 2. The van der Waals surface area contributed by atoms with Gasteiger partial charge >= 0.3 is 0 Å². The SMILES string of the molecule is Cc1nc(C(C)C)[nH]c(=O)c1CC#N. The summed E-state index contributed by atoms with van der Waals surface area (Å²) in [5.74, 6) is 0.867. The Bertz CT molecular complexity index is 426. The first-order valence-electron chi connectivity index (χ1n) is 4.53. The van der Waals surface area contributed by atoms with Crippen LogP contribution in [0.3, 0.4) is 0 Å². The fourth-order valence-electron chi connectivity index (χ4n) is 1.19. The van der Waals surface area contributed by atoms with Gasteiger partial charge in [0.1, 0.15) is 5.82 Å². The molecule has 0 saturated heterocycles. The molecule has 4 heteroatoms. The highest BCUT2D eigenvalue weighted by molar-refractivity contribution is 5.20. The van der Waals surface area contributed by atoms with Gasteiger partial charge in [0.05, 0.1) is 18.1 Å². The smallest absolute Gasteiger partial charge is 0.255 e. The average molecular weight is 191 g/mol. The van der Waals surface area contributed by atoms with E-state index >= 15 is 0 Å². The first kappa shape index (κ1) is 10.5. The van der Waals surface area contributed by atoms with E-state index in [4.69, 9.17) is 5.26 Å². The van der Waals surface area contributed by atoms with Gasteiger partial charge < -0.3 is 4.98 Å². The molecule has 0 spiro atoms. The van der Waals surface area contributed by atoms with E-state index in [-0.39, 0.29) is 17.9 Å². The lowest BCUT2D eigenvalue weighted by atomic mass is 10.1. The zero-order chi connectivity index (χ0) is 10.7. The average Bonchev–Trinajstić information content (AvgIpc) is 2.10. The van der Waals surface area contributed by atoms with Crippen LogP contribution in [0.5, 0.6) is 0 Å². The lowest BCUT2D eigenvalue weighted by molar-refractivity contribution is 0.751. The van der Waals surface area contributed by atoms with Crippen LogP contribution in [0.15, 0.2) is 4.79 Å². The molecule has 0 atom stereocenters. The van der Waals surface area contributed by atoms with Crippen molar-refractivity contribution in [1.82, 2.24) is 9.97 Å². The second kappa shape index (κ2) is 4.05. The van der Waals surface area contributed by atoms with Gasteiger partial charge in [-0.1, -0.05) is 13.8 Å².